The molecule has 2 saturated heterocycles. The van der Waals surface area contributed by atoms with E-state index in [2.05, 4.69) is 59.1 Å². The molecule has 2 aliphatic rings. The molecule has 1 aromatic carbocycles. The summed E-state index contributed by atoms with van der Waals surface area (Å²) in [6.07, 6.45) is 3.94. The molecule has 3 heterocycles. The van der Waals surface area contributed by atoms with Crippen LogP contribution in [0, 0.1) is 19.3 Å². The van der Waals surface area contributed by atoms with Gasteiger partial charge in [-0.3, -0.25) is 4.90 Å². The SMILES string of the molecule is CCN1CC(c2ccccc2)CC2(CCN(Cc3c(C)noc3C)CC2)C1. The van der Waals surface area contributed by atoms with Crippen LogP contribution in [0.15, 0.2) is 34.9 Å². The van der Waals surface area contributed by atoms with E-state index in [4.69, 9.17) is 4.52 Å². The van der Waals surface area contributed by atoms with Crippen molar-refractivity contribution in [2.45, 2.75) is 52.5 Å². The van der Waals surface area contributed by atoms with Crippen LogP contribution in [0.5, 0.6) is 0 Å². The molecule has 0 N–H and O–H groups in total. The van der Waals surface area contributed by atoms with Crippen LogP contribution < -0.4 is 0 Å². The van der Waals surface area contributed by atoms with Crippen molar-refractivity contribution in [3.63, 3.8) is 0 Å². The minimum atomic E-state index is 0.476. The molecule has 4 rings (SSSR count). The Kier molecular flexibility index (Phi) is 5.38. The lowest BCUT2D eigenvalue weighted by Crippen LogP contribution is -2.51. The summed E-state index contributed by atoms with van der Waals surface area (Å²) in [5.41, 5.74) is 4.33. The van der Waals surface area contributed by atoms with Crippen molar-refractivity contribution in [2.24, 2.45) is 5.41 Å². The van der Waals surface area contributed by atoms with Crippen molar-refractivity contribution >= 4 is 0 Å². The van der Waals surface area contributed by atoms with Crippen LogP contribution >= 0.6 is 0 Å². The fraction of sp³-hybridized carbons (Fsp3) is 0.609. The van der Waals surface area contributed by atoms with E-state index < -0.39 is 0 Å². The molecule has 27 heavy (non-hydrogen) atoms. The lowest BCUT2D eigenvalue weighted by molar-refractivity contribution is 0.0136. The van der Waals surface area contributed by atoms with Crippen molar-refractivity contribution < 1.29 is 4.52 Å². The summed E-state index contributed by atoms with van der Waals surface area (Å²) >= 11 is 0. The smallest absolute Gasteiger partial charge is 0.138 e. The molecule has 4 heteroatoms. The van der Waals surface area contributed by atoms with Crippen LogP contribution in [0.3, 0.4) is 0 Å². The highest BCUT2D eigenvalue weighted by molar-refractivity contribution is 5.22. The minimum absolute atomic E-state index is 0.476. The van der Waals surface area contributed by atoms with Crippen LogP contribution in [0.25, 0.3) is 0 Å². The quantitative estimate of drug-likeness (QED) is 0.803. The van der Waals surface area contributed by atoms with Gasteiger partial charge in [-0.2, -0.15) is 0 Å². The van der Waals surface area contributed by atoms with Gasteiger partial charge in [0, 0.05) is 25.2 Å². The first-order valence-electron chi connectivity index (χ1n) is 10.5. The van der Waals surface area contributed by atoms with E-state index in [9.17, 15) is 0 Å². The highest BCUT2D eigenvalue weighted by Crippen LogP contribution is 2.45. The van der Waals surface area contributed by atoms with E-state index in [0.717, 1.165) is 24.5 Å². The molecular weight excluding hydrogens is 334 g/mol. The number of rotatable bonds is 4. The number of likely N-dealkylation sites (tertiary alicyclic amines) is 2. The van der Waals surface area contributed by atoms with E-state index >= 15 is 0 Å². The van der Waals surface area contributed by atoms with Gasteiger partial charge >= 0.3 is 0 Å². The topological polar surface area (TPSA) is 32.5 Å². The lowest BCUT2D eigenvalue weighted by Gasteiger charge is -2.50. The Hall–Kier alpha value is -1.65. The van der Waals surface area contributed by atoms with Gasteiger partial charge in [0.25, 0.3) is 0 Å². The molecule has 4 nitrogen and oxygen atoms in total. The molecular formula is C23H33N3O. The molecule has 0 aliphatic carbocycles. The third-order valence-corrected chi connectivity index (χ3v) is 6.91. The zero-order chi connectivity index (χ0) is 18.9. The minimum Gasteiger partial charge on any atom is -0.361 e. The van der Waals surface area contributed by atoms with Gasteiger partial charge in [0.1, 0.15) is 5.76 Å². The summed E-state index contributed by atoms with van der Waals surface area (Å²) in [5.74, 6) is 1.65. The Balaban J connectivity index is 1.44. The third-order valence-electron chi connectivity index (χ3n) is 6.91. The molecule has 1 atom stereocenters. The second-order valence-electron chi connectivity index (χ2n) is 8.72. The third kappa shape index (κ3) is 3.97. The van der Waals surface area contributed by atoms with E-state index in [1.165, 1.54) is 56.6 Å². The molecule has 1 spiro atoms. The monoisotopic (exact) mass is 367 g/mol. The maximum Gasteiger partial charge on any atom is 0.138 e. The summed E-state index contributed by atoms with van der Waals surface area (Å²) in [4.78, 5) is 5.28. The summed E-state index contributed by atoms with van der Waals surface area (Å²) < 4.78 is 5.35. The first-order valence-corrected chi connectivity index (χ1v) is 10.5. The first-order chi connectivity index (χ1) is 13.1. The molecule has 1 aromatic heterocycles. The molecule has 2 aromatic rings. The van der Waals surface area contributed by atoms with E-state index in [1.54, 1.807) is 0 Å². The Morgan fingerprint density at radius 1 is 1.11 bits per heavy atom. The molecule has 0 amide bonds. The van der Waals surface area contributed by atoms with Gasteiger partial charge in [0.05, 0.1) is 5.69 Å². The van der Waals surface area contributed by atoms with Crippen molar-refractivity contribution in [3.05, 3.63) is 52.9 Å². The number of piperidine rings is 2. The zero-order valence-corrected chi connectivity index (χ0v) is 17.1. The van der Waals surface area contributed by atoms with Gasteiger partial charge in [-0.25, -0.2) is 0 Å². The summed E-state index contributed by atoms with van der Waals surface area (Å²) in [5, 5.41) is 4.12. The van der Waals surface area contributed by atoms with Crippen molar-refractivity contribution in [1.29, 1.82) is 0 Å². The van der Waals surface area contributed by atoms with Crippen LogP contribution in [0.2, 0.25) is 0 Å². The fourth-order valence-electron chi connectivity index (χ4n) is 5.19. The predicted octanol–water partition coefficient (Wildman–Crippen LogP) is 4.38. The number of hydrogen-bond acceptors (Lipinski definition) is 4. The number of hydrogen-bond donors (Lipinski definition) is 0. The number of aryl methyl sites for hydroxylation is 2. The van der Waals surface area contributed by atoms with Crippen molar-refractivity contribution in [3.8, 4) is 0 Å². The number of benzene rings is 1. The standard InChI is InChI=1S/C23H33N3O/c1-4-25-15-21(20-8-6-5-7-9-20)14-23(17-25)10-12-26(13-11-23)16-22-18(2)24-27-19(22)3/h5-9,21H,4,10-17H2,1-3H3. The predicted molar refractivity (Wildman–Crippen MR) is 109 cm³/mol. The number of aromatic nitrogens is 1. The van der Waals surface area contributed by atoms with E-state index in [-0.39, 0.29) is 0 Å². The molecule has 0 saturated carbocycles. The second kappa shape index (κ2) is 7.76. The Morgan fingerprint density at radius 3 is 2.48 bits per heavy atom. The highest BCUT2D eigenvalue weighted by Gasteiger charge is 2.41. The molecule has 0 radical (unpaired) electrons. The molecule has 2 fully saturated rings. The van der Waals surface area contributed by atoms with Gasteiger partial charge in [-0.1, -0.05) is 42.4 Å². The number of likely N-dealkylation sites (N-methyl/N-ethyl adjacent to an activating group) is 1. The normalized spacial score (nSPS) is 23.7. The first kappa shape index (κ1) is 18.7. The highest BCUT2D eigenvalue weighted by atomic mass is 16.5. The zero-order valence-electron chi connectivity index (χ0n) is 17.1. The van der Waals surface area contributed by atoms with Crippen molar-refractivity contribution in [1.82, 2.24) is 15.0 Å². The van der Waals surface area contributed by atoms with Crippen LogP contribution in [-0.4, -0.2) is 47.7 Å². The Morgan fingerprint density at radius 2 is 1.85 bits per heavy atom. The average Bonchev–Trinajstić information content (AvgIpc) is 3.02. The number of nitrogens with zero attached hydrogens (tertiary/aromatic N) is 3. The van der Waals surface area contributed by atoms with Gasteiger partial charge in [0.15, 0.2) is 0 Å². The maximum atomic E-state index is 5.35. The van der Waals surface area contributed by atoms with E-state index in [1.807, 2.05) is 6.92 Å². The van der Waals surface area contributed by atoms with Gasteiger partial charge in [0.2, 0.25) is 0 Å². The lowest BCUT2D eigenvalue weighted by atomic mass is 9.68. The summed E-state index contributed by atoms with van der Waals surface area (Å²) in [6.45, 7) is 13.4. The van der Waals surface area contributed by atoms with Crippen molar-refractivity contribution in [2.75, 3.05) is 32.7 Å². The average molecular weight is 368 g/mol. The van der Waals surface area contributed by atoms with Gasteiger partial charge < -0.3 is 9.42 Å². The van der Waals surface area contributed by atoms with E-state index in [0.29, 0.717) is 11.3 Å². The Labute approximate surface area is 163 Å². The molecule has 146 valence electrons. The second-order valence-corrected chi connectivity index (χ2v) is 8.72. The molecule has 0 bridgehead atoms. The Bertz CT molecular complexity index is 727. The van der Waals surface area contributed by atoms with Crippen LogP contribution in [-0.2, 0) is 6.54 Å². The summed E-state index contributed by atoms with van der Waals surface area (Å²) in [7, 11) is 0. The van der Waals surface area contributed by atoms with Crippen LogP contribution in [0.4, 0.5) is 0 Å². The van der Waals surface area contributed by atoms with Crippen LogP contribution in [0.1, 0.15) is 54.7 Å². The largest absolute Gasteiger partial charge is 0.361 e. The molecule has 1 unspecified atom stereocenters. The fourth-order valence-corrected chi connectivity index (χ4v) is 5.19. The van der Waals surface area contributed by atoms with Gasteiger partial charge in [-0.15, -0.1) is 0 Å². The van der Waals surface area contributed by atoms with Gasteiger partial charge in [-0.05, 0) is 69.6 Å². The molecule has 2 aliphatic heterocycles. The maximum absolute atomic E-state index is 5.35. The summed E-state index contributed by atoms with van der Waals surface area (Å²) in [6, 6.07) is 11.2.